The Morgan fingerprint density at radius 2 is 1.52 bits per heavy atom. The normalized spacial score (nSPS) is 10.8. The second-order valence-electron chi connectivity index (χ2n) is 7.86. The van der Waals surface area contributed by atoms with Crippen molar-refractivity contribution in [3.05, 3.63) is 96.7 Å². The summed E-state index contributed by atoms with van der Waals surface area (Å²) in [7, 11) is 0. The number of amides is 1. The van der Waals surface area contributed by atoms with E-state index in [-0.39, 0.29) is 11.7 Å². The average Bonchev–Trinajstić information content (AvgIpc) is 2.84. The van der Waals surface area contributed by atoms with Gasteiger partial charge in [0.15, 0.2) is 6.61 Å². The minimum Gasteiger partial charge on any atom is -0.451 e. The lowest BCUT2D eigenvalue weighted by molar-refractivity contribution is -0.119. The first-order valence-corrected chi connectivity index (χ1v) is 10.8. The Labute approximate surface area is 192 Å². The Balaban J connectivity index is 1.36. The smallest absolute Gasteiger partial charge is 0.357 e. The molecule has 0 unspecified atom stereocenters. The van der Waals surface area contributed by atoms with Crippen molar-refractivity contribution in [3.8, 4) is 0 Å². The predicted molar refractivity (Wildman–Crippen MR) is 131 cm³/mol. The van der Waals surface area contributed by atoms with Crippen LogP contribution in [0.1, 0.15) is 24.3 Å². The molecule has 0 aliphatic heterocycles. The van der Waals surface area contributed by atoms with Crippen LogP contribution < -0.4 is 10.2 Å². The summed E-state index contributed by atoms with van der Waals surface area (Å²) in [5.41, 5.74) is 3.60. The van der Waals surface area contributed by atoms with Gasteiger partial charge in [0.25, 0.3) is 5.91 Å². The zero-order chi connectivity index (χ0) is 23.2. The zero-order valence-corrected chi connectivity index (χ0v) is 18.6. The van der Waals surface area contributed by atoms with Crippen molar-refractivity contribution >= 4 is 39.8 Å². The maximum absolute atomic E-state index is 12.3. The SMILES string of the molecule is CC(C)N(c1ccccc1)c1ccc(NC(=O)COC(=O)c2ccc3ccccc3n2)cc1. The summed E-state index contributed by atoms with van der Waals surface area (Å²) in [6, 6.07) is 28.8. The van der Waals surface area contributed by atoms with Crippen molar-refractivity contribution in [1.82, 2.24) is 4.98 Å². The van der Waals surface area contributed by atoms with Gasteiger partial charge in [-0.05, 0) is 62.4 Å². The van der Waals surface area contributed by atoms with Crippen LogP contribution in [0, 0.1) is 0 Å². The summed E-state index contributed by atoms with van der Waals surface area (Å²) in [5, 5.41) is 3.69. The molecule has 4 rings (SSSR count). The van der Waals surface area contributed by atoms with Crippen LogP contribution in [0.25, 0.3) is 10.9 Å². The van der Waals surface area contributed by atoms with Crippen LogP contribution in [0.5, 0.6) is 0 Å². The van der Waals surface area contributed by atoms with Gasteiger partial charge in [0.05, 0.1) is 5.52 Å². The molecule has 33 heavy (non-hydrogen) atoms. The third kappa shape index (κ3) is 5.36. The van der Waals surface area contributed by atoms with Crippen molar-refractivity contribution in [2.75, 3.05) is 16.8 Å². The second-order valence-corrected chi connectivity index (χ2v) is 7.86. The van der Waals surface area contributed by atoms with Gasteiger partial charge in [-0.2, -0.15) is 0 Å². The Bertz CT molecular complexity index is 1250. The number of anilines is 3. The number of esters is 1. The van der Waals surface area contributed by atoms with Crippen molar-refractivity contribution in [3.63, 3.8) is 0 Å². The van der Waals surface area contributed by atoms with E-state index in [0.717, 1.165) is 16.8 Å². The van der Waals surface area contributed by atoms with Crippen LogP contribution in [-0.2, 0) is 9.53 Å². The van der Waals surface area contributed by atoms with Crippen LogP contribution in [-0.4, -0.2) is 29.5 Å². The molecule has 166 valence electrons. The summed E-state index contributed by atoms with van der Waals surface area (Å²) < 4.78 is 5.14. The molecular formula is C27H25N3O3. The van der Waals surface area contributed by atoms with Crippen LogP contribution in [0.15, 0.2) is 91.0 Å². The second kappa shape index (κ2) is 9.96. The maximum Gasteiger partial charge on any atom is 0.357 e. The van der Waals surface area contributed by atoms with Gasteiger partial charge < -0.3 is 15.0 Å². The quantitative estimate of drug-likeness (QED) is 0.381. The molecule has 0 saturated carbocycles. The minimum absolute atomic E-state index is 0.167. The van der Waals surface area contributed by atoms with E-state index in [1.165, 1.54) is 0 Å². The molecule has 6 nitrogen and oxygen atoms in total. The maximum atomic E-state index is 12.3. The molecule has 3 aromatic carbocycles. The van der Waals surface area contributed by atoms with E-state index in [1.807, 2.05) is 66.7 Å². The fourth-order valence-electron chi connectivity index (χ4n) is 3.62. The zero-order valence-electron chi connectivity index (χ0n) is 18.6. The van der Waals surface area contributed by atoms with Gasteiger partial charge in [-0.3, -0.25) is 4.79 Å². The number of ether oxygens (including phenoxy) is 1. The third-order valence-electron chi connectivity index (χ3n) is 5.12. The number of carbonyl (C=O) groups excluding carboxylic acids is 2. The highest BCUT2D eigenvalue weighted by Crippen LogP contribution is 2.28. The fourth-order valence-corrected chi connectivity index (χ4v) is 3.62. The van der Waals surface area contributed by atoms with Crippen LogP contribution in [0.2, 0.25) is 0 Å². The van der Waals surface area contributed by atoms with Crippen LogP contribution in [0.3, 0.4) is 0 Å². The molecular weight excluding hydrogens is 414 g/mol. The molecule has 1 N–H and O–H groups in total. The summed E-state index contributed by atoms with van der Waals surface area (Å²) in [6.07, 6.45) is 0. The molecule has 0 spiro atoms. The highest BCUT2D eigenvalue weighted by atomic mass is 16.5. The lowest BCUT2D eigenvalue weighted by atomic mass is 10.2. The number of carbonyl (C=O) groups is 2. The first-order valence-electron chi connectivity index (χ1n) is 10.8. The highest BCUT2D eigenvalue weighted by molar-refractivity contribution is 5.96. The summed E-state index contributed by atoms with van der Waals surface area (Å²) >= 11 is 0. The molecule has 1 heterocycles. The van der Waals surface area contributed by atoms with Gasteiger partial charge in [0.1, 0.15) is 5.69 Å². The first kappa shape index (κ1) is 22.0. The molecule has 4 aromatic rings. The van der Waals surface area contributed by atoms with Crippen molar-refractivity contribution in [2.24, 2.45) is 0 Å². The minimum atomic E-state index is -0.637. The van der Waals surface area contributed by atoms with E-state index in [0.29, 0.717) is 11.2 Å². The molecule has 0 radical (unpaired) electrons. The number of fused-ring (bicyclic) bond motifs is 1. The van der Waals surface area contributed by atoms with Crippen molar-refractivity contribution in [2.45, 2.75) is 19.9 Å². The molecule has 6 heteroatoms. The summed E-state index contributed by atoms with van der Waals surface area (Å²) in [6.45, 7) is 3.86. The number of aromatic nitrogens is 1. The number of nitrogens with zero attached hydrogens (tertiary/aromatic N) is 2. The van der Waals surface area contributed by atoms with E-state index in [2.05, 4.69) is 41.2 Å². The monoisotopic (exact) mass is 439 g/mol. The molecule has 0 aliphatic carbocycles. The Kier molecular flexibility index (Phi) is 6.64. The number of benzene rings is 3. The molecule has 0 saturated heterocycles. The number of para-hydroxylation sites is 2. The number of pyridine rings is 1. The van der Waals surface area contributed by atoms with Crippen molar-refractivity contribution in [1.29, 1.82) is 0 Å². The van der Waals surface area contributed by atoms with Gasteiger partial charge in [0, 0.05) is 28.5 Å². The Morgan fingerprint density at radius 3 is 2.24 bits per heavy atom. The van der Waals surface area contributed by atoms with Crippen LogP contribution >= 0.6 is 0 Å². The number of rotatable bonds is 7. The predicted octanol–water partition coefficient (Wildman–Crippen LogP) is 5.58. The van der Waals surface area contributed by atoms with E-state index in [4.69, 9.17) is 4.74 Å². The van der Waals surface area contributed by atoms with Crippen LogP contribution in [0.4, 0.5) is 17.1 Å². The number of hydrogen-bond donors (Lipinski definition) is 1. The van der Waals surface area contributed by atoms with Gasteiger partial charge in [0.2, 0.25) is 0 Å². The average molecular weight is 440 g/mol. The largest absolute Gasteiger partial charge is 0.451 e. The van der Waals surface area contributed by atoms with Gasteiger partial charge >= 0.3 is 5.97 Å². The van der Waals surface area contributed by atoms with Gasteiger partial charge in [-0.15, -0.1) is 0 Å². The van der Waals surface area contributed by atoms with E-state index in [9.17, 15) is 9.59 Å². The molecule has 0 aliphatic rings. The first-order chi connectivity index (χ1) is 16.0. The summed E-state index contributed by atoms with van der Waals surface area (Å²) in [4.78, 5) is 31.1. The van der Waals surface area contributed by atoms with Gasteiger partial charge in [-0.1, -0.05) is 42.5 Å². The fraction of sp³-hybridized carbons (Fsp3) is 0.148. The molecule has 0 fully saturated rings. The van der Waals surface area contributed by atoms with E-state index < -0.39 is 18.5 Å². The van der Waals surface area contributed by atoms with Gasteiger partial charge in [-0.25, -0.2) is 9.78 Å². The lowest BCUT2D eigenvalue weighted by Crippen LogP contribution is -2.25. The lowest BCUT2D eigenvalue weighted by Gasteiger charge is -2.29. The number of nitrogens with one attached hydrogen (secondary N) is 1. The standard InChI is InChI=1S/C27H25N3O3/c1-19(2)30(22-9-4-3-5-10-22)23-15-13-21(14-16-23)28-26(31)18-33-27(32)25-17-12-20-8-6-7-11-24(20)29-25/h3-17,19H,18H2,1-2H3,(H,28,31). The van der Waals surface area contributed by atoms with E-state index >= 15 is 0 Å². The summed E-state index contributed by atoms with van der Waals surface area (Å²) in [5.74, 6) is -1.05. The highest BCUT2D eigenvalue weighted by Gasteiger charge is 2.14. The van der Waals surface area contributed by atoms with E-state index in [1.54, 1.807) is 12.1 Å². The Hall–Kier alpha value is -4.19. The molecule has 1 amide bonds. The molecule has 0 bridgehead atoms. The van der Waals surface area contributed by atoms with Crippen molar-refractivity contribution < 1.29 is 14.3 Å². The molecule has 1 aromatic heterocycles. The topological polar surface area (TPSA) is 71.5 Å². The number of hydrogen-bond acceptors (Lipinski definition) is 5. The Morgan fingerprint density at radius 1 is 0.848 bits per heavy atom. The third-order valence-corrected chi connectivity index (χ3v) is 5.12. The molecule has 0 atom stereocenters.